The second-order valence-electron chi connectivity index (χ2n) is 9.30. The van der Waals surface area contributed by atoms with Gasteiger partial charge in [-0.15, -0.1) is 0 Å². The molecule has 0 saturated heterocycles. The van der Waals surface area contributed by atoms with Crippen molar-refractivity contribution >= 4 is 33.2 Å². The standard InChI is InChI=1S/C32H23N7/c1-20(21-6-3-2-4-7-21)36-24-14-23(17-34-18-24)29-16-27-31(19-35-29)38-39-32(27)30-15-26-25(8-5-9-28(26)37-30)22-10-12-33-13-11-22/h2-19,36-37H,1H2,(H,38,39). The average molecular weight is 506 g/mol. The molecule has 7 nitrogen and oxygen atoms in total. The second-order valence-corrected chi connectivity index (χ2v) is 9.30. The van der Waals surface area contributed by atoms with Crippen LogP contribution < -0.4 is 5.32 Å². The van der Waals surface area contributed by atoms with Crippen LogP contribution in [0.1, 0.15) is 5.56 Å². The third-order valence-corrected chi connectivity index (χ3v) is 6.81. The zero-order chi connectivity index (χ0) is 26.2. The molecule has 5 heterocycles. The van der Waals surface area contributed by atoms with Gasteiger partial charge >= 0.3 is 0 Å². The third kappa shape index (κ3) is 4.22. The highest BCUT2D eigenvalue weighted by molar-refractivity contribution is 6.01. The summed E-state index contributed by atoms with van der Waals surface area (Å²) in [6, 6.07) is 26.6. The van der Waals surface area contributed by atoms with E-state index in [1.165, 1.54) is 0 Å². The Morgan fingerprint density at radius 3 is 2.49 bits per heavy atom. The van der Waals surface area contributed by atoms with E-state index in [4.69, 9.17) is 0 Å². The van der Waals surface area contributed by atoms with E-state index in [0.717, 1.165) is 72.5 Å². The maximum Gasteiger partial charge on any atom is 0.116 e. The van der Waals surface area contributed by atoms with Gasteiger partial charge in [0, 0.05) is 46.1 Å². The van der Waals surface area contributed by atoms with Crippen LogP contribution in [-0.2, 0) is 0 Å². The molecule has 39 heavy (non-hydrogen) atoms. The second kappa shape index (κ2) is 9.39. The fraction of sp³-hybridized carbons (Fsp3) is 0. The number of pyridine rings is 3. The summed E-state index contributed by atoms with van der Waals surface area (Å²) in [5.74, 6) is 0. The van der Waals surface area contributed by atoms with E-state index in [-0.39, 0.29) is 0 Å². The molecule has 0 spiro atoms. The monoisotopic (exact) mass is 505 g/mol. The Hall–Kier alpha value is -5.56. The van der Waals surface area contributed by atoms with Crippen molar-refractivity contribution in [3.63, 3.8) is 0 Å². The smallest absolute Gasteiger partial charge is 0.116 e. The first kappa shape index (κ1) is 22.6. The van der Waals surface area contributed by atoms with Gasteiger partial charge in [-0.05, 0) is 53.1 Å². The molecular formula is C32H23N7. The predicted molar refractivity (Wildman–Crippen MR) is 157 cm³/mol. The number of H-pyrrole nitrogens is 2. The van der Waals surface area contributed by atoms with E-state index in [9.17, 15) is 0 Å². The number of benzene rings is 2. The Labute approximate surface area is 224 Å². The number of nitrogens with zero attached hydrogens (tertiary/aromatic N) is 4. The van der Waals surface area contributed by atoms with E-state index in [0.29, 0.717) is 0 Å². The topological polar surface area (TPSA) is 95.2 Å². The number of anilines is 1. The zero-order valence-electron chi connectivity index (χ0n) is 20.9. The summed E-state index contributed by atoms with van der Waals surface area (Å²) in [5.41, 5.74) is 10.3. The summed E-state index contributed by atoms with van der Waals surface area (Å²) < 4.78 is 0. The van der Waals surface area contributed by atoms with Crippen LogP contribution in [0.2, 0.25) is 0 Å². The summed E-state index contributed by atoms with van der Waals surface area (Å²) in [5, 5.41) is 13.2. The van der Waals surface area contributed by atoms with Gasteiger partial charge in [0.05, 0.1) is 35.0 Å². The molecule has 3 N–H and O–H groups in total. The largest absolute Gasteiger partial charge is 0.354 e. The van der Waals surface area contributed by atoms with Crippen molar-refractivity contribution in [3.05, 3.63) is 122 Å². The first-order valence-corrected chi connectivity index (χ1v) is 12.6. The normalized spacial score (nSPS) is 11.2. The summed E-state index contributed by atoms with van der Waals surface area (Å²) in [4.78, 5) is 16.8. The molecule has 7 heteroatoms. The molecule has 0 radical (unpaired) electrons. The molecule has 0 amide bonds. The lowest BCUT2D eigenvalue weighted by Gasteiger charge is -2.10. The number of nitrogens with one attached hydrogen (secondary N) is 3. The Kier molecular flexibility index (Phi) is 5.45. The van der Waals surface area contributed by atoms with Gasteiger partial charge in [0.2, 0.25) is 0 Å². The molecule has 0 aliphatic heterocycles. The van der Waals surface area contributed by atoms with Gasteiger partial charge in [0.1, 0.15) is 5.69 Å². The quantitative estimate of drug-likeness (QED) is 0.220. The van der Waals surface area contributed by atoms with Gasteiger partial charge in [0.25, 0.3) is 0 Å². The van der Waals surface area contributed by atoms with Crippen LogP contribution in [0, 0.1) is 0 Å². The maximum atomic E-state index is 4.68. The molecule has 0 fully saturated rings. The zero-order valence-corrected chi connectivity index (χ0v) is 20.9. The molecule has 0 aliphatic rings. The summed E-state index contributed by atoms with van der Waals surface area (Å²) in [7, 11) is 0. The molecule has 5 aromatic heterocycles. The van der Waals surface area contributed by atoms with E-state index < -0.39 is 0 Å². The van der Waals surface area contributed by atoms with E-state index in [2.05, 4.69) is 72.4 Å². The highest BCUT2D eigenvalue weighted by atomic mass is 15.1. The lowest BCUT2D eigenvalue weighted by molar-refractivity contribution is 1.11. The van der Waals surface area contributed by atoms with Crippen molar-refractivity contribution in [2.75, 3.05) is 5.32 Å². The van der Waals surface area contributed by atoms with Gasteiger partial charge in [-0.2, -0.15) is 5.10 Å². The van der Waals surface area contributed by atoms with Crippen LogP contribution in [0.5, 0.6) is 0 Å². The number of aromatic amines is 2. The lowest BCUT2D eigenvalue weighted by atomic mass is 10.0. The van der Waals surface area contributed by atoms with Crippen molar-refractivity contribution in [2.24, 2.45) is 0 Å². The van der Waals surface area contributed by atoms with Crippen molar-refractivity contribution in [1.82, 2.24) is 30.1 Å². The minimum Gasteiger partial charge on any atom is -0.354 e. The Morgan fingerprint density at radius 2 is 1.62 bits per heavy atom. The van der Waals surface area contributed by atoms with E-state index >= 15 is 0 Å². The highest BCUT2D eigenvalue weighted by Gasteiger charge is 2.15. The minimum absolute atomic E-state index is 0.806. The molecule has 0 unspecified atom stereocenters. The molecule has 0 bridgehead atoms. The predicted octanol–water partition coefficient (Wildman–Crippen LogP) is 7.31. The SMILES string of the molecule is C=C(Nc1cncc(-c2cc3c(-c4cc5c(-c6ccncc6)cccc5[nH]4)n[nH]c3cn2)c1)c1ccccc1. The van der Waals surface area contributed by atoms with Gasteiger partial charge in [-0.25, -0.2) is 0 Å². The molecule has 2 aromatic carbocycles. The fourth-order valence-corrected chi connectivity index (χ4v) is 4.88. The van der Waals surface area contributed by atoms with Gasteiger partial charge in [0.15, 0.2) is 0 Å². The van der Waals surface area contributed by atoms with Gasteiger partial charge < -0.3 is 10.3 Å². The Morgan fingerprint density at radius 1 is 0.744 bits per heavy atom. The van der Waals surface area contributed by atoms with Crippen LogP contribution in [-0.4, -0.2) is 30.1 Å². The number of rotatable bonds is 6. The van der Waals surface area contributed by atoms with Crippen molar-refractivity contribution in [3.8, 4) is 33.8 Å². The molecule has 0 aliphatic carbocycles. The van der Waals surface area contributed by atoms with Gasteiger partial charge in [-0.3, -0.25) is 20.1 Å². The van der Waals surface area contributed by atoms with Crippen LogP contribution >= 0.6 is 0 Å². The van der Waals surface area contributed by atoms with Crippen LogP contribution in [0.15, 0.2) is 116 Å². The third-order valence-electron chi connectivity index (χ3n) is 6.81. The van der Waals surface area contributed by atoms with Gasteiger partial charge in [-0.1, -0.05) is 49.0 Å². The minimum atomic E-state index is 0.806. The lowest BCUT2D eigenvalue weighted by Crippen LogP contribution is -1.98. The number of fused-ring (bicyclic) bond motifs is 2. The van der Waals surface area contributed by atoms with E-state index in [1.807, 2.05) is 73.3 Å². The number of aromatic nitrogens is 6. The summed E-state index contributed by atoms with van der Waals surface area (Å²) in [6.45, 7) is 4.17. The average Bonchev–Trinajstić information content (AvgIpc) is 3.62. The molecular weight excluding hydrogens is 482 g/mol. The van der Waals surface area contributed by atoms with E-state index in [1.54, 1.807) is 6.20 Å². The first-order valence-electron chi connectivity index (χ1n) is 12.6. The molecule has 186 valence electrons. The summed E-state index contributed by atoms with van der Waals surface area (Å²) >= 11 is 0. The van der Waals surface area contributed by atoms with Crippen molar-refractivity contribution in [2.45, 2.75) is 0 Å². The summed E-state index contributed by atoms with van der Waals surface area (Å²) in [6.07, 6.45) is 9.04. The first-order chi connectivity index (χ1) is 19.2. The van der Waals surface area contributed by atoms with Crippen molar-refractivity contribution < 1.29 is 0 Å². The number of hydrogen-bond donors (Lipinski definition) is 3. The number of hydrogen-bond acceptors (Lipinski definition) is 5. The Bertz CT molecular complexity index is 1950. The maximum absolute atomic E-state index is 4.68. The molecule has 0 atom stereocenters. The fourth-order valence-electron chi connectivity index (χ4n) is 4.88. The van der Waals surface area contributed by atoms with Crippen LogP contribution in [0.25, 0.3) is 61.3 Å². The van der Waals surface area contributed by atoms with Crippen molar-refractivity contribution in [1.29, 1.82) is 0 Å². The molecule has 0 saturated carbocycles. The molecule has 7 aromatic rings. The van der Waals surface area contributed by atoms with Crippen LogP contribution in [0.3, 0.4) is 0 Å². The highest BCUT2D eigenvalue weighted by Crippen LogP contribution is 2.35. The molecule has 7 rings (SSSR count). The Balaban J connectivity index is 1.25. The van der Waals surface area contributed by atoms with Crippen LogP contribution in [0.4, 0.5) is 5.69 Å².